The number of ether oxygens (including phenoxy) is 2. The van der Waals surface area contributed by atoms with Gasteiger partial charge in [0.15, 0.2) is 5.13 Å². The van der Waals surface area contributed by atoms with Gasteiger partial charge in [0, 0.05) is 28.1 Å². The number of hydrogen-bond acceptors (Lipinski definition) is 7. The van der Waals surface area contributed by atoms with Crippen molar-refractivity contribution >= 4 is 28.1 Å². The van der Waals surface area contributed by atoms with E-state index in [2.05, 4.69) is 10.3 Å². The van der Waals surface area contributed by atoms with Crippen LogP contribution in [0, 0.1) is 17.0 Å². The number of thiazole rings is 1. The molecule has 1 aromatic heterocycles. The van der Waals surface area contributed by atoms with Gasteiger partial charge < -0.3 is 9.47 Å². The molecule has 0 atom stereocenters. The molecule has 0 aliphatic carbocycles. The predicted molar refractivity (Wildman–Crippen MR) is 106 cm³/mol. The molecule has 1 heterocycles. The van der Waals surface area contributed by atoms with Gasteiger partial charge in [0.25, 0.3) is 11.6 Å². The molecule has 8 nitrogen and oxygen atoms in total. The SMILES string of the molecule is COc1ccc(OC)c(-c2csc(NC(=O)c3cccc([N+](=O)[O-])c3C)n2)c1. The van der Waals surface area contributed by atoms with Crippen molar-refractivity contribution < 1.29 is 19.2 Å². The third-order valence-corrected chi connectivity index (χ3v) is 4.91. The Bertz CT molecular complexity index is 1050. The summed E-state index contributed by atoms with van der Waals surface area (Å²) >= 11 is 1.24. The average molecular weight is 399 g/mol. The zero-order valence-electron chi connectivity index (χ0n) is 15.4. The standard InChI is InChI=1S/C19H17N3O5S/c1-11-13(5-4-6-16(11)22(24)25)18(23)21-19-20-15(10-28-19)14-9-12(26-2)7-8-17(14)27-3/h4-10H,1-3H3,(H,20,21,23). The maximum atomic E-state index is 12.6. The second-order valence-electron chi connectivity index (χ2n) is 5.77. The molecular weight excluding hydrogens is 382 g/mol. The molecule has 0 saturated heterocycles. The Morgan fingerprint density at radius 2 is 2.00 bits per heavy atom. The number of rotatable bonds is 6. The number of nitrogens with one attached hydrogen (secondary N) is 1. The first-order valence-corrected chi connectivity index (χ1v) is 9.06. The summed E-state index contributed by atoms with van der Waals surface area (Å²) in [4.78, 5) is 27.6. The van der Waals surface area contributed by atoms with Gasteiger partial charge in [0.05, 0.1) is 24.8 Å². The molecule has 0 fully saturated rings. The third kappa shape index (κ3) is 3.79. The van der Waals surface area contributed by atoms with Gasteiger partial charge in [-0.15, -0.1) is 11.3 Å². The number of nitro benzene ring substituents is 1. The van der Waals surface area contributed by atoms with Crippen LogP contribution in [-0.2, 0) is 0 Å². The van der Waals surface area contributed by atoms with Crippen LogP contribution in [0.1, 0.15) is 15.9 Å². The fourth-order valence-corrected chi connectivity index (χ4v) is 3.41. The summed E-state index contributed by atoms with van der Waals surface area (Å²) in [5.41, 5.74) is 1.77. The number of carbonyl (C=O) groups is 1. The van der Waals surface area contributed by atoms with Gasteiger partial charge in [0.2, 0.25) is 0 Å². The number of anilines is 1. The number of hydrogen-bond donors (Lipinski definition) is 1. The van der Waals surface area contributed by atoms with Crippen LogP contribution < -0.4 is 14.8 Å². The number of aromatic nitrogens is 1. The Hall–Kier alpha value is -3.46. The van der Waals surface area contributed by atoms with Crippen LogP contribution in [0.2, 0.25) is 0 Å². The fourth-order valence-electron chi connectivity index (χ4n) is 2.70. The van der Waals surface area contributed by atoms with Crippen molar-refractivity contribution in [2.24, 2.45) is 0 Å². The van der Waals surface area contributed by atoms with Gasteiger partial charge in [-0.1, -0.05) is 6.07 Å². The van der Waals surface area contributed by atoms with Crippen LogP contribution in [0.25, 0.3) is 11.3 Å². The van der Waals surface area contributed by atoms with Crippen LogP contribution in [-0.4, -0.2) is 30.0 Å². The normalized spacial score (nSPS) is 10.4. The maximum Gasteiger partial charge on any atom is 0.273 e. The van der Waals surface area contributed by atoms with Crippen molar-refractivity contribution in [2.75, 3.05) is 19.5 Å². The lowest BCUT2D eigenvalue weighted by Crippen LogP contribution is -2.14. The largest absolute Gasteiger partial charge is 0.497 e. The van der Waals surface area contributed by atoms with E-state index < -0.39 is 10.8 Å². The molecule has 0 saturated carbocycles. The van der Waals surface area contributed by atoms with Crippen molar-refractivity contribution in [3.8, 4) is 22.8 Å². The molecule has 28 heavy (non-hydrogen) atoms. The van der Waals surface area contributed by atoms with Crippen LogP contribution in [0.4, 0.5) is 10.8 Å². The number of carbonyl (C=O) groups excluding carboxylic acids is 1. The van der Waals surface area contributed by atoms with Gasteiger partial charge in [-0.2, -0.15) is 0 Å². The molecule has 0 aliphatic heterocycles. The van der Waals surface area contributed by atoms with Crippen molar-refractivity contribution in [1.29, 1.82) is 0 Å². The second kappa shape index (κ2) is 8.05. The van der Waals surface area contributed by atoms with Crippen molar-refractivity contribution in [2.45, 2.75) is 6.92 Å². The third-order valence-electron chi connectivity index (χ3n) is 4.15. The first-order valence-electron chi connectivity index (χ1n) is 8.18. The number of nitro groups is 1. The molecule has 1 amide bonds. The molecular formula is C19H17N3O5S. The molecule has 0 bridgehead atoms. The van der Waals surface area contributed by atoms with E-state index in [1.807, 2.05) is 0 Å². The van der Waals surface area contributed by atoms with Crippen LogP contribution in [0.15, 0.2) is 41.8 Å². The van der Waals surface area contributed by atoms with Gasteiger partial charge >= 0.3 is 0 Å². The molecule has 2 aromatic carbocycles. The lowest BCUT2D eigenvalue weighted by molar-refractivity contribution is -0.385. The topological polar surface area (TPSA) is 104 Å². The van der Waals surface area contributed by atoms with Crippen molar-refractivity contribution in [3.63, 3.8) is 0 Å². The van der Waals surface area contributed by atoms with E-state index in [4.69, 9.17) is 9.47 Å². The van der Waals surface area contributed by atoms with E-state index in [1.165, 1.54) is 29.5 Å². The second-order valence-corrected chi connectivity index (χ2v) is 6.62. The summed E-state index contributed by atoms with van der Waals surface area (Å²) in [5.74, 6) is 0.819. The first-order chi connectivity index (χ1) is 13.4. The van der Waals surface area contributed by atoms with Crippen molar-refractivity contribution in [3.05, 3.63) is 63.0 Å². The Labute approximate surface area is 164 Å². The summed E-state index contributed by atoms with van der Waals surface area (Å²) in [5, 5.41) is 15.9. The van der Waals surface area contributed by atoms with E-state index in [9.17, 15) is 14.9 Å². The summed E-state index contributed by atoms with van der Waals surface area (Å²) in [6.07, 6.45) is 0. The number of benzene rings is 2. The Morgan fingerprint density at radius 1 is 1.21 bits per heavy atom. The lowest BCUT2D eigenvalue weighted by atomic mass is 10.1. The van der Waals surface area contributed by atoms with Gasteiger partial charge in [-0.05, 0) is 31.2 Å². The van der Waals surface area contributed by atoms with E-state index in [-0.39, 0.29) is 11.3 Å². The highest BCUT2D eigenvalue weighted by atomic mass is 32.1. The lowest BCUT2D eigenvalue weighted by Gasteiger charge is -2.08. The summed E-state index contributed by atoms with van der Waals surface area (Å²) in [6.45, 7) is 1.54. The number of amides is 1. The minimum Gasteiger partial charge on any atom is -0.497 e. The Kier molecular flexibility index (Phi) is 5.55. The quantitative estimate of drug-likeness (QED) is 0.490. The minimum absolute atomic E-state index is 0.103. The molecule has 0 unspecified atom stereocenters. The monoisotopic (exact) mass is 399 g/mol. The zero-order chi connectivity index (χ0) is 20.3. The van der Waals surface area contributed by atoms with Gasteiger partial charge in [-0.3, -0.25) is 20.2 Å². The summed E-state index contributed by atoms with van der Waals surface area (Å²) in [7, 11) is 3.13. The number of methoxy groups -OCH3 is 2. The zero-order valence-corrected chi connectivity index (χ0v) is 16.2. The molecule has 0 radical (unpaired) electrons. The Balaban J connectivity index is 1.87. The highest BCUT2D eigenvalue weighted by molar-refractivity contribution is 7.14. The van der Waals surface area contributed by atoms with Gasteiger partial charge in [0.1, 0.15) is 11.5 Å². The van der Waals surface area contributed by atoms with Crippen LogP contribution in [0.5, 0.6) is 11.5 Å². The van der Waals surface area contributed by atoms with Crippen molar-refractivity contribution in [1.82, 2.24) is 4.98 Å². The Morgan fingerprint density at radius 3 is 2.68 bits per heavy atom. The van der Waals surface area contributed by atoms with Crippen LogP contribution in [0.3, 0.4) is 0 Å². The molecule has 3 aromatic rings. The summed E-state index contributed by atoms with van der Waals surface area (Å²) < 4.78 is 10.6. The van der Waals surface area contributed by atoms with E-state index in [0.717, 1.165) is 5.56 Å². The molecule has 0 aliphatic rings. The highest BCUT2D eigenvalue weighted by Crippen LogP contribution is 2.35. The predicted octanol–water partition coefficient (Wildman–Crippen LogP) is 4.30. The minimum atomic E-state index is -0.511. The number of nitrogens with zero attached hydrogens (tertiary/aromatic N) is 2. The molecule has 144 valence electrons. The molecule has 3 rings (SSSR count). The van der Waals surface area contributed by atoms with E-state index in [1.54, 1.807) is 44.7 Å². The van der Waals surface area contributed by atoms with E-state index in [0.29, 0.717) is 27.9 Å². The first kappa shape index (κ1) is 19.3. The smallest absolute Gasteiger partial charge is 0.273 e. The van der Waals surface area contributed by atoms with Crippen LogP contribution >= 0.6 is 11.3 Å². The molecule has 9 heteroatoms. The van der Waals surface area contributed by atoms with E-state index >= 15 is 0 Å². The molecule has 0 spiro atoms. The maximum absolute atomic E-state index is 12.6. The molecule has 1 N–H and O–H groups in total. The summed E-state index contributed by atoms with van der Waals surface area (Å²) in [6, 6.07) is 9.74. The average Bonchev–Trinajstić information content (AvgIpc) is 3.15. The van der Waals surface area contributed by atoms with Gasteiger partial charge in [-0.25, -0.2) is 4.98 Å². The highest BCUT2D eigenvalue weighted by Gasteiger charge is 2.19. The fraction of sp³-hybridized carbons (Fsp3) is 0.158.